The van der Waals surface area contributed by atoms with Crippen LogP contribution in [0.1, 0.15) is 13.8 Å². The van der Waals surface area contributed by atoms with Crippen LogP contribution in [-0.4, -0.2) is 44.6 Å². The fourth-order valence-electron chi connectivity index (χ4n) is 0.826. The van der Waals surface area contributed by atoms with E-state index in [2.05, 4.69) is 25.4 Å². The Kier molecular flexibility index (Phi) is 6.77. The summed E-state index contributed by atoms with van der Waals surface area (Å²) in [5, 5.41) is 3.31. The Labute approximate surface area is 85.6 Å². The topological polar surface area (TPSA) is 30.5 Å². The molecule has 0 saturated carbocycles. The molecule has 0 atom stereocenters. The Morgan fingerprint density at radius 1 is 1.31 bits per heavy atom. The van der Waals surface area contributed by atoms with E-state index in [1.165, 1.54) is 0 Å². The van der Waals surface area contributed by atoms with E-state index in [1.54, 1.807) is 14.2 Å². The van der Waals surface area contributed by atoms with E-state index in [0.29, 0.717) is 0 Å². The lowest BCUT2D eigenvalue weighted by Crippen LogP contribution is -2.37. The Morgan fingerprint density at radius 3 is 2.23 bits per heavy atom. The fraction of sp³-hybridized carbons (Fsp3) is 1.00. The Balaban J connectivity index is 3.54. The highest BCUT2D eigenvalue weighted by atomic mass is 32.2. The number of nitrogens with one attached hydrogen (secondary N) is 1. The highest BCUT2D eigenvalue weighted by Crippen LogP contribution is 2.19. The summed E-state index contributed by atoms with van der Waals surface area (Å²) in [4.78, 5) is 0. The molecule has 4 heteroatoms. The van der Waals surface area contributed by atoms with Crippen LogP contribution in [0.5, 0.6) is 0 Å². The van der Waals surface area contributed by atoms with Crippen LogP contribution in [0.3, 0.4) is 0 Å². The van der Waals surface area contributed by atoms with Gasteiger partial charge in [0.25, 0.3) is 0 Å². The zero-order valence-electron chi connectivity index (χ0n) is 9.22. The van der Waals surface area contributed by atoms with Crippen LogP contribution in [0, 0.1) is 0 Å². The number of rotatable bonds is 7. The number of methoxy groups -OCH3 is 2. The monoisotopic (exact) mass is 207 g/mol. The van der Waals surface area contributed by atoms with Gasteiger partial charge in [-0.05, 0) is 20.1 Å². The average Bonchev–Trinajstić information content (AvgIpc) is 2.12. The molecule has 0 bridgehead atoms. The van der Waals surface area contributed by atoms with E-state index in [9.17, 15) is 0 Å². The van der Waals surface area contributed by atoms with Gasteiger partial charge in [0.2, 0.25) is 0 Å². The maximum absolute atomic E-state index is 5.06. The van der Waals surface area contributed by atoms with E-state index >= 15 is 0 Å². The zero-order valence-corrected chi connectivity index (χ0v) is 10.0. The predicted octanol–water partition coefficient (Wildman–Crippen LogP) is 1.34. The lowest BCUT2D eigenvalue weighted by molar-refractivity contribution is -0.0987. The van der Waals surface area contributed by atoms with E-state index in [1.807, 2.05) is 11.8 Å². The molecule has 0 aliphatic carbocycles. The summed E-state index contributed by atoms with van der Waals surface area (Å²) in [5.74, 6) is 0. The maximum Gasteiger partial charge on any atom is 0.169 e. The Hall–Kier alpha value is 0.230. The molecule has 0 heterocycles. The molecule has 0 aliphatic rings. The largest absolute Gasteiger partial charge is 0.355 e. The van der Waals surface area contributed by atoms with Crippen LogP contribution in [0.15, 0.2) is 0 Å². The van der Waals surface area contributed by atoms with Gasteiger partial charge in [-0.2, -0.15) is 11.8 Å². The first kappa shape index (κ1) is 13.2. The van der Waals surface area contributed by atoms with Gasteiger partial charge < -0.3 is 14.8 Å². The number of ether oxygens (including phenoxy) is 2. The van der Waals surface area contributed by atoms with Crippen molar-refractivity contribution in [3.05, 3.63) is 0 Å². The number of hydrogen-bond acceptors (Lipinski definition) is 4. The van der Waals surface area contributed by atoms with Crippen molar-refractivity contribution in [2.75, 3.05) is 33.6 Å². The van der Waals surface area contributed by atoms with Gasteiger partial charge in [-0.15, -0.1) is 0 Å². The van der Waals surface area contributed by atoms with Gasteiger partial charge in [-0.3, -0.25) is 0 Å². The molecular formula is C9H21NO2S. The lowest BCUT2D eigenvalue weighted by Gasteiger charge is -2.23. The second-order valence-electron chi connectivity index (χ2n) is 3.50. The highest BCUT2D eigenvalue weighted by molar-refractivity contribution is 7.99. The normalized spacial score (nSPS) is 12.5. The molecule has 0 fully saturated rings. The summed E-state index contributed by atoms with van der Waals surface area (Å²) in [7, 11) is 3.30. The second kappa shape index (κ2) is 6.65. The molecule has 0 aromatic carbocycles. The molecule has 0 radical (unpaired) electrons. The SMILES string of the molecule is COC(CNCC(C)(C)SC)OC. The maximum atomic E-state index is 5.06. The molecule has 0 aromatic heterocycles. The molecule has 0 aromatic rings. The van der Waals surface area contributed by atoms with E-state index in [-0.39, 0.29) is 11.0 Å². The smallest absolute Gasteiger partial charge is 0.169 e. The van der Waals surface area contributed by atoms with Crippen LogP contribution in [0.2, 0.25) is 0 Å². The Bertz CT molecular complexity index is 127. The molecule has 0 spiro atoms. The molecule has 13 heavy (non-hydrogen) atoms. The van der Waals surface area contributed by atoms with Gasteiger partial charge in [0.1, 0.15) is 0 Å². The summed E-state index contributed by atoms with van der Waals surface area (Å²) >= 11 is 1.85. The second-order valence-corrected chi connectivity index (χ2v) is 5.01. The van der Waals surface area contributed by atoms with Crippen molar-refractivity contribution in [1.29, 1.82) is 0 Å². The minimum absolute atomic E-state index is 0.141. The summed E-state index contributed by atoms with van der Waals surface area (Å²) in [5.41, 5.74) is 0. The molecule has 0 rings (SSSR count). The van der Waals surface area contributed by atoms with Crippen LogP contribution >= 0.6 is 11.8 Å². The lowest BCUT2D eigenvalue weighted by atomic mass is 10.2. The van der Waals surface area contributed by atoms with Crippen LogP contribution in [-0.2, 0) is 9.47 Å². The zero-order chi connectivity index (χ0) is 10.3. The van der Waals surface area contributed by atoms with Gasteiger partial charge in [-0.1, -0.05) is 0 Å². The molecule has 1 N–H and O–H groups in total. The first-order valence-corrected chi connectivity index (χ1v) is 5.59. The van der Waals surface area contributed by atoms with Gasteiger partial charge in [0.15, 0.2) is 6.29 Å². The summed E-state index contributed by atoms with van der Waals surface area (Å²) in [6.45, 7) is 6.10. The number of hydrogen-bond donors (Lipinski definition) is 1. The average molecular weight is 207 g/mol. The van der Waals surface area contributed by atoms with Gasteiger partial charge in [0.05, 0.1) is 0 Å². The van der Waals surface area contributed by atoms with Crippen LogP contribution in [0.25, 0.3) is 0 Å². The van der Waals surface area contributed by atoms with Gasteiger partial charge in [-0.25, -0.2) is 0 Å². The quantitative estimate of drug-likeness (QED) is 0.638. The molecule has 0 unspecified atom stereocenters. The molecule has 0 aliphatic heterocycles. The highest BCUT2D eigenvalue weighted by Gasteiger charge is 2.15. The molecule has 80 valence electrons. The standard InChI is InChI=1S/C9H21NO2S/c1-9(2,13-5)7-10-6-8(11-3)12-4/h8,10H,6-7H2,1-5H3. The first-order chi connectivity index (χ1) is 6.05. The Morgan fingerprint density at radius 2 is 1.85 bits per heavy atom. The van der Waals surface area contributed by atoms with Gasteiger partial charge >= 0.3 is 0 Å². The van der Waals surface area contributed by atoms with E-state index in [0.717, 1.165) is 13.1 Å². The molecule has 3 nitrogen and oxygen atoms in total. The van der Waals surface area contributed by atoms with Crippen LogP contribution < -0.4 is 5.32 Å². The first-order valence-electron chi connectivity index (χ1n) is 4.37. The van der Waals surface area contributed by atoms with Crippen molar-refractivity contribution in [3.8, 4) is 0 Å². The van der Waals surface area contributed by atoms with Crippen molar-refractivity contribution in [1.82, 2.24) is 5.32 Å². The van der Waals surface area contributed by atoms with E-state index in [4.69, 9.17) is 9.47 Å². The van der Waals surface area contributed by atoms with Crippen molar-refractivity contribution in [2.45, 2.75) is 24.9 Å². The summed E-state index contributed by atoms with van der Waals surface area (Å²) in [6.07, 6.45) is 1.98. The predicted molar refractivity (Wildman–Crippen MR) is 58.3 cm³/mol. The third-order valence-electron chi connectivity index (χ3n) is 1.94. The third kappa shape index (κ3) is 6.32. The van der Waals surface area contributed by atoms with Crippen LogP contribution in [0.4, 0.5) is 0 Å². The van der Waals surface area contributed by atoms with Crippen molar-refractivity contribution in [3.63, 3.8) is 0 Å². The van der Waals surface area contributed by atoms with E-state index < -0.39 is 0 Å². The van der Waals surface area contributed by atoms with Crippen molar-refractivity contribution in [2.24, 2.45) is 0 Å². The summed E-state index contributed by atoms with van der Waals surface area (Å²) < 4.78 is 10.4. The van der Waals surface area contributed by atoms with Crippen molar-refractivity contribution < 1.29 is 9.47 Å². The summed E-state index contributed by atoms with van der Waals surface area (Å²) in [6, 6.07) is 0. The third-order valence-corrected chi connectivity index (χ3v) is 3.19. The van der Waals surface area contributed by atoms with Gasteiger partial charge in [0, 0.05) is 32.1 Å². The minimum atomic E-state index is -0.141. The molecular weight excluding hydrogens is 186 g/mol. The fourth-order valence-corrected chi connectivity index (χ4v) is 1.07. The van der Waals surface area contributed by atoms with Crippen molar-refractivity contribution >= 4 is 11.8 Å². The minimum Gasteiger partial charge on any atom is -0.355 e. The number of thioether (sulfide) groups is 1. The molecule has 0 saturated heterocycles. The molecule has 0 amide bonds.